The summed E-state index contributed by atoms with van der Waals surface area (Å²) < 4.78 is 37.4. The molecule has 8 nitrogen and oxygen atoms in total. The molecule has 3 heterocycles. The average Bonchev–Trinajstić information content (AvgIpc) is 3.61. The van der Waals surface area contributed by atoms with Crippen molar-refractivity contribution in [1.29, 1.82) is 0 Å². The zero-order chi connectivity index (χ0) is 33.5. The van der Waals surface area contributed by atoms with Gasteiger partial charge in [-0.15, -0.1) is 0 Å². The van der Waals surface area contributed by atoms with Gasteiger partial charge in [-0.1, -0.05) is 48.5 Å². The molecule has 49 heavy (non-hydrogen) atoms. The summed E-state index contributed by atoms with van der Waals surface area (Å²) in [5, 5.41) is 5.03. The van der Waals surface area contributed by atoms with Crippen molar-refractivity contribution >= 4 is 32.4 Å². The van der Waals surface area contributed by atoms with Crippen LogP contribution in [0.3, 0.4) is 0 Å². The van der Waals surface area contributed by atoms with Crippen molar-refractivity contribution in [3.05, 3.63) is 125 Å². The fourth-order valence-electron chi connectivity index (χ4n) is 8.10. The highest BCUT2D eigenvalue weighted by Crippen LogP contribution is 2.37. The summed E-state index contributed by atoms with van der Waals surface area (Å²) in [6.45, 7) is 2.75. The molecule has 252 valence electrons. The zero-order valence-corrected chi connectivity index (χ0v) is 28.7. The molecular formula is C40H42N4O4S. The molecule has 3 aliphatic rings. The lowest BCUT2D eigenvalue weighted by Crippen LogP contribution is -2.44. The van der Waals surface area contributed by atoms with Gasteiger partial charge in [-0.2, -0.15) is 4.31 Å². The van der Waals surface area contributed by atoms with Crippen LogP contribution in [0.25, 0.3) is 10.8 Å². The first-order valence-corrected chi connectivity index (χ1v) is 18.8. The summed E-state index contributed by atoms with van der Waals surface area (Å²) in [5.41, 5.74) is 7.35. The number of methoxy groups -OCH3 is 1. The number of para-hydroxylation sites is 1. The van der Waals surface area contributed by atoms with Crippen LogP contribution < -0.4 is 15.0 Å². The van der Waals surface area contributed by atoms with E-state index in [0.29, 0.717) is 13.1 Å². The van der Waals surface area contributed by atoms with E-state index < -0.39 is 16.1 Å². The molecular weight excluding hydrogens is 633 g/mol. The number of benzene rings is 4. The van der Waals surface area contributed by atoms with Gasteiger partial charge in [0, 0.05) is 50.2 Å². The number of amides is 1. The van der Waals surface area contributed by atoms with Gasteiger partial charge in [0.15, 0.2) is 0 Å². The highest BCUT2D eigenvalue weighted by molar-refractivity contribution is 7.89. The summed E-state index contributed by atoms with van der Waals surface area (Å²) in [4.78, 5) is 16.6. The van der Waals surface area contributed by atoms with Crippen molar-refractivity contribution in [2.24, 2.45) is 0 Å². The number of aromatic nitrogens is 1. The second kappa shape index (κ2) is 13.0. The second-order valence-electron chi connectivity index (χ2n) is 13.5. The Labute approximate surface area is 288 Å². The first kappa shape index (κ1) is 31.7. The van der Waals surface area contributed by atoms with Crippen molar-refractivity contribution in [2.45, 2.75) is 68.6 Å². The topological polar surface area (TPSA) is 83.9 Å². The van der Waals surface area contributed by atoms with Crippen LogP contribution in [0.2, 0.25) is 0 Å². The van der Waals surface area contributed by atoms with Gasteiger partial charge in [-0.3, -0.25) is 4.79 Å². The van der Waals surface area contributed by atoms with Crippen molar-refractivity contribution in [2.75, 3.05) is 25.1 Å². The Morgan fingerprint density at radius 3 is 2.59 bits per heavy atom. The molecule has 1 aromatic heterocycles. The van der Waals surface area contributed by atoms with Crippen LogP contribution in [0, 0.1) is 0 Å². The lowest BCUT2D eigenvalue weighted by atomic mass is 9.86. The molecule has 2 atom stereocenters. The number of ether oxygens (including phenoxy) is 1. The van der Waals surface area contributed by atoms with Crippen LogP contribution in [-0.4, -0.2) is 43.4 Å². The Balaban J connectivity index is 1.01. The fourth-order valence-corrected chi connectivity index (χ4v) is 9.73. The predicted octanol–water partition coefficient (Wildman–Crippen LogP) is 6.93. The van der Waals surface area contributed by atoms with Crippen LogP contribution >= 0.6 is 0 Å². The van der Waals surface area contributed by atoms with E-state index in [0.717, 1.165) is 61.0 Å². The second-order valence-corrected chi connectivity index (χ2v) is 15.4. The van der Waals surface area contributed by atoms with E-state index in [9.17, 15) is 13.2 Å². The predicted molar refractivity (Wildman–Crippen MR) is 192 cm³/mol. The maximum absolute atomic E-state index is 14.2. The van der Waals surface area contributed by atoms with Gasteiger partial charge in [0.2, 0.25) is 15.9 Å². The molecule has 2 aliphatic heterocycles. The normalized spacial score (nSPS) is 19.2. The molecule has 2 unspecified atom stereocenters. The van der Waals surface area contributed by atoms with Gasteiger partial charge >= 0.3 is 0 Å². The Morgan fingerprint density at radius 2 is 1.69 bits per heavy atom. The number of rotatable bonds is 8. The zero-order valence-electron chi connectivity index (χ0n) is 27.8. The lowest BCUT2D eigenvalue weighted by molar-refractivity contribution is -0.123. The highest BCUT2D eigenvalue weighted by atomic mass is 32.2. The minimum Gasteiger partial charge on any atom is -0.497 e. The fraction of sp³-hybridized carbons (Fsp3) is 0.325. The molecule has 0 bridgehead atoms. The van der Waals surface area contributed by atoms with Gasteiger partial charge in [-0.05, 0) is 108 Å². The molecule has 4 aromatic carbocycles. The third kappa shape index (κ3) is 6.10. The number of nitrogens with one attached hydrogen (secondary N) is 1. The van der Waals surface area contributed by atoms with Gasteiger partial charge in [-0.25, -0.2) is 8.42 Å². The minimum atomic E-state index is -3.90. The van der Waals surface area contributed by atoms with Crippen molar-refractivity contribution in [3.63, 3.8) is 0 Å². The largest absolute Gasteiger partial charge is 0.497 e. The molecule has 1 aliphatic carbocycles. The molecule has 0 saturated carbocycles. The average molecular weight is 675 g/mol. The number of anilines is 1. The first-order valence-electron chi connectivity index (χ1n) is 17.4. The summed E-state index contributed by atoms with van der Waals surface area (Å²) >= 11 is 0. The van der Waals surface area contributed by atoms with E-state index in [1.807, 2.05) is 42.6 Å². The van der Waals surface area contributed by atoms with Crippen LogP contribution in [0.1, 0.15) is 65.7 Å². The maximum atomic E-state index is 14.2. The van der Waals surface area contributed by atoms with Crippen molar-refractivity contribution < 1.29 is 17.9 Å². The Hall–Kier alpha value is -4.60. The van der Waals surface area contributed by atoms with E-state index >= 15 is 0 Å². The number of nitrogens with zero attached hydrogens (tertiary/aromatic N) is 3. The Bertz CT molecular complexity index is 2140. The number of hydrogen-bond acceptors (Lipinski definition) is 5. The minimum absolute atomic E-state index is 0.0479. The summed E-state index contributed by atoms with van der Waals surface area (Å²) in [7, 11) is -2.28. The Kier molecular flexibility index (Phi) is 8.41. The smallest absolute Gasteiger partial charge is 0.243 e. The summed E-state index contributed by atoms with van der Waals surface area (Å²) in [6, 6.07) is 29.4. The van der Waals surface area contributed by atoms with Gasteiger partial charge < -0.3 is 19.5 Å². The molecule has 1 amide bonds. The summed E-state index contributed by atoms with van der Waals surface area (Å²) in [5.74, 6) is 0.577. The molecule has 5 aromatic rings. The standard InChI is InChI=1S/C40H42N4O4S/c1-48-33-16-14-31-25-34(17-15-30(31)24-33)49(46,47)44-22-21-42-19-6-12-38(42)39(44)26-40(45)41-36-10-4-8-32-23-28(13-18-35(32)36)27-43-20-5-9-29-7-2-3-11-37(29)43/h2-3,6-7,11-19,23-25,36,39H,4-5,8-10,20-22,26-27H2,1H3,(H,41,45). The quantitative estimate of drug-likeness (QED) is 0.193. The number of fused-ring (bicyclic) bond motifs is 4. The van der Waals surface area contributed by atoms with Crippen molar-refractivity contribution in [1.82, 2.24) is 14.2 Å². The number of hydrogen-bond donors (Lipinski definition) is 1. The molecule has 0 spiro atoms. The third-order valence-corrected chi connectivity index (χ3v) is 12.5. The van der Waals surface area contributed by atoms with Crippen LogP contribution in [0.5, 0.6) is 5.75 Å². The number of sulfonamides is 1. The maximum Gasteiger partial charge on any atom is 0.243 e. The van der Waals surface area contributed by atoms with Gasteiger partial charge in [0.05, 0.1) is 24.1 Å². The highest BCUT2D eigenvalue weighted by Gasteiger charge is 2.38. The molecule has 9 heteroatoms. The molecule has 8 rings (SSSR count). The van der Waals surface area contributed by atoms with Gasteiger partial charge in [0.25, 0.3) is 0 Å². The number of carbonyl (C=O) groups excluding carboxylic acids is 1. The number of aryl methyl sites for hydroxylation is 2. The molecule has 0 fully saturated rings. The molecule has 0 radical (unpaired) electrons. The molecule has 0 saturated heterocycles. The van der Waals surface area contributed by atoms with E-state index in [-0.39, 0.29) is 23.3 Å². The van der Waals surface area contributed by atoms with E-state index in [1.165, 1.54) is 38.7 Å². The van der Waals surface area contributed by atoms with Crippen LogP contribution in [-0.2, 0) is 40.7 Å². The van der Waals surface area contributed by atoms with Crippen molar-refractivity contribution in [3.8, 4) is 5.75 Å². The van der Waals surface area contributed by atoms with E-state index in [1.54, 1.807) is 19.2 Å². The van der Waals surface area contributed by atoms with E-state index in [2.05, 4.69) is 57.2 Å². The monoisotopic (exact) mass is 674 g/mol. The third-order valence-electron chi connectivity index (χ3n) is 10.6. The van der Waals surface area contributed by atoms with E-state index in [4.69, 9.17) is 4.74 Å². The summed E-state index contributed by atoms with van der Waals surface area (Å²) in [6.07, 6.45) is 7.16. The Morgan fingerprint density at radius 1 is 0.857 bits per heavy atom. The van der Waals surface area contributed by atoms with Gasteiger partial charge in [0.1, 0.15) is 5.75 Å². The molecule has 1 N–H and O–H groups in total. The first-order chi connectivity index (χ1) is 23.9. The lowest BCUT2D eigenvalue weighted by Gasteiger charge is -2.36. The van der Waals surface area contributed by atoms with Crippen LogP contribution in [0.15, 0.2) is 102 Å². The number of carbonyl (C=O) groups is 1. The van der Waals surface area contributed by atoms with Crippen LogP contribution in [0.4, 0.5) is 5.69 Å². The SMILES string of the molecule is COc1ccc2cc(S(=O)(=O)N3CCn4cccc4C3CC(=O)NC3CCCc4cc(CN5CCCc6ccccc65)ccc43)ccc2c1.